The Morgan fingerprint density at radius 1 is 1.03 bits per heavy atom. The van der Waals surface area contributed by atoms with Gasteiger partial charge in [-0.1, -0.05) is 12.1 Å². The molecular weight excluding hydrogens is 416 g/mol. The van der Waals surface area contributed by atoms with Gasteiger partial charge >= 0.3 is 0 Å². The Hall–Kier alpha value is -3.63. The van der Waals surface area contributed by atoms with Gasteiger partial charge in [0, 0.05) is 13.1 Å². The quantitative estimate of drug-likeness (QED) is 0.637. The van der Waals surface area contributed by atoms with Crippen LogP contribution in [0.5, 0.6) is 5.75 Å². The second-order valence-electron chi connectivity index (χ2n) is 8.43. The SMILES string of the molecule is CCOc1ccc(C2=C(N(C)C3CCN(C)CC3)C(=O)N(c3ccc(C#N)cc3)C2=O)cc1. The van der Waals surface area contributed by atoms with E-state index in [9.17, 15) is 9.59 Å². The molecule has 0 radical (unpaired) electrons. The molecule has 2 aliphatic heterocycles. The first kappa shape index (κ1) is 22.6. The van der Waals surface area contributed by atoms with Gasteiger partial charge in [0.1, 0.15) is 11.4 Å². The molecule has 33 heavy (non-hydrogen) atoms. The number of nitrogens with zero attached hydrogens (tertiary/aromatic N) is 4. The highest BCUT2D eigenvalue weighted by molar-refractivity contribution is 6.45. The van der Waals surface area contributed by atoms with Crippen molar-refractivity contribution in [2.45, 2.75) is 25.8 Å². The van der Waals surface area contributed by atoms with Crippen LogP contribution in [-0.4, -0.2) is 61.4 Å². The summed E-state index contributed by atoms with van der Waals surface area (Å²) >= 11 is 0. The highest BCUT2D eigenvalue weighted by Crippen LogP contribution is 2.36. The minimum Gasteiger partial charge on any atom is -0.494 e. The molecule has 1 fully saturated rings. The lowest BCUT2D eigenvalue weighted by atomic mass is 10.00. The summed E-state index contributed by atoms with van der Waals surface area (Å²) in [6.45, 7) is 4.36. The average molecular weight is 445 g/mol. The minimum absolute atomic E-state index is 0.173. The number of rotatable bonds is 6. The van der Waals surface area contributed by atoms with Gasteiger partial charge in [0.2, 0.25) is 0 Å². The lowest BCUT2D eigenvalue weighted by Gasteiger charge is -2.36. The van der Waals surface area contributed by atoms with Gasteiger partial charge in [0.25, 0.3) is 11.8 Å². The number of hydrogen-bond acceptors (Lipinski definition) is 6. The normalized spacial score (nSPS) is 17.5. The van der Waals surface area contributed by atoms with Crippen molar-refractivity contribution in [1.29, 1.82) is 5.26 Å². The van der Waals surface area contributed by atoms with Gasteiger partial charge in [-0.15, -0.1) is 0 Å². The third-order valence-electron chi connectivity index (χ3n) is 6.36. The van der Waals surface area contributed by atoms with E-state index in [0.717, 1.165) is 25.9 Å². The highest BCUT2D eigenvalue weighted by atomic mass is 16.5. The molecule has 2 amide bonds. The van der Waals surface area contributed by atoms with E-state index < -0.39 is 0 Å². The zero-order valence-corrected chi connectivity index (χ0v) is 19.2. The fraction of sp³-hybridized carbons (Fsp3) is 0.346. The number of benzene rings is 2. The molecule has 0 spiro atoms. The first-order chi connectivity index (χ1) is 15.9. The molecule has 1 saturated heterocycles. The van der Waals surface area contributed by atoms with Crippen molar-refractivity contribution in [3.8, 4) is 11.8 Å². The fourth-order valence-corrected chi connectivity index (χ4v) is 4.47. The summed E-state index contributed by atoms with van der Waals surface area (Å²) < 4.78 is 5.54. The van der Waals surface area contributed by atoms with Crippen molar-refractivity contribution in [1.82, 2.24) is 9.80 Å². The molecule has 0 N–H and O–H groups in total. The number of carbonyl (C=O) groups excluding carboxylic acids is 2. The molecule has 0 atom stereocenters. The Balaban J connectivity index is 1.75. The molecular formula is C26H28N4O3. The number of nitriles is 1. The maximum Gasteiger partial charge on any atom is 0.282 e. The molecule has 0 saturated carbocycles. The molecule has 0 aromatic heterocycles. The second-order valence-corrected chi connectivity index (χ2v) is 8.43. The number of anilines is 1. The summed E-state index contributed by atoms with van der Waals surface area (Å²) in [4.78, 5) is 32.8. The summed E-state index contributed by atoms with van der Waals surface area (Å²) in [5.74, 6) is 0.0199. The fourth-order valence-electron chi connectivity index (χ4n) is 4.47. The van der Waals surface area contributed by atoms with Crippen LogP contribution >= 0.6 is 0 Å². The molecule has 0 unspecified atom stereocenters. The van der Waals surface area contributed by atoms with Gasteiger partial charge in [0.15, 0.2) is 0 Å². The van der Waals surface area contributed by atoms with Gasteiger partial charge in [0.05, 0.1) is 29.5 Å². The van der Waals surface area contributed by atoms with E-state index in [4.69, 9.17) is 10.00 Å². The van der Waals surface area contributed by atoms with E-state index in [2.05, 4.69) is 18.0 Å². The van der Waals surface area contributed by atoms with Gasteiger partial charge in [-0.3, -0.25) is 9.59 Å². The van der Waals surface area contributed by atoms with Crippen LogP contribution in [0.25, 0.3) is 5.57 Å². The van der Waals surface area contributed by atoms with Gasteiger partial charge in [-0.05, 0) is 81.9 Å². The molecule has 2 aromatic rings. The first-order valence-electron chi connectivity index (χ1n) is 11.2. The van der Waals surface area contributed by atoms with E-state index >= 15 is 0 Å². The zero-order valence-electron chi connectivity index (χ0n) is 19.2. The molecule has 2 aliphatic rings. The number of piperidine rings is 1. The summed E-state index contributed by atoms with van der Waals surface area (Å²) in [6, 6.07) is 16.1. The molecule has 2 aromatic carbocycles. The number of likely N-dealkylation sites (N-methyl/N-ethyl adjacent to an activating group) is 1. The van der Waals surface area contributed by atoms with Crippen molar-refractivity contribution in [2.75, 3.05) is 38.7 Å². The number of imide groups is 1. The average Bonchev–Trinajstić information content (AvgIpc) is 3.09. The Labute approximate surface area is 194 Å². The van der Waals surface area contributed by atoms with E-state index in [1.165, 1.54) is 4.90 Å². The van der Waals surface area contributed by atoms with Crippen molar-refractivity contribution >= 4 is 23.1 Å². The molecule has 2 heterocycles. The lowest BCUT2D eigenvalue weighted by Crippen LogP contribution is -2.43. The summed E-state index contributed by atoms with van der Waals surface area (Å²) in [7, 11) is 4.01. The summed E-state index contributed by atoms with van der Waals surface area (Å²) in [5.41, 5.74) is 2.43. The van der Waals surface area contributed by atoms with Crippen LogP contribution in [0, 0.1) is 11.3 Å². The van der Waals surface area contributed by atoms with Crippen LogP contribution in [0.3, 0.4) is 0 Å². The van der Waals surface area contributed by atoms with Gasteiger partial charge in [-0.2, -0.15) is 5.26 Å². The van der Waals surface area contributed by atoms with Crippen LogP contribution in [0.1, 0.15) is 30.9 Å². The number of amides is 2. The number of hydrogen-bond donors (Lipinski definition) is 0. The summed E-state index contributed by atoms with van der Waals surface area (Å²) in [6.07, 6.45) is 1.84. The van der Waals surface area contributed by atoms with Gasteiger partial charge < -0.3 is 14.5 Å². The Morgan fingerprint density at radius 3 is 2.24 bits per heavy atom. The third-order valence-corrected chi connectivity index (χ3v) is 6.36. The number of ether oxygens (including phenoxy) is 1. The largest absolute Gasteiger partial charge is 0.494 e. The lowest BCUT2D eigenvalue weighted by molar-refractivity contribution is -0.120. The van der Waals surface area contributed by atoms with Crippen molar-refractivity contribution in [2.24, 2.45) is 0 Å². The molecule has 4 rings (SSSR count). The third kappa shape index (κ3) is 4.35. The Kier molecular flexibility index (Phi) is 6.47. The smallest absolute Gasteiger partial charge is 0.282 e. The predicted octanol–water partition coefficient (Wildman–Crippen LogP) is 3.27. The molecule has 0 bridgehead atoms. The van der Waals surface area contributed by atoms with E-state index in [0.29, 0.717) is 40.4 Å². The molecule has 7 nitrogen and oxygen atoms in total. The highest BCUT2D eigenvalue weighted by Gasteiger charge is 2.43. The zero-order chi connectivity index (χ0) is 23.5. The van der Waals surface area contributed by atoms with E-state index in [-0.39, 0.29) is 17.9 Å². The van der Waals surface area contributed by atoms with Crippen molar-refractivity contribution < 1.29 is 14.3 Å². The standard InChI is InChI=1S/C26H28N4O3/c1-4-33-22-11-7-19(8-12-22)23-24(29(3)20-13-15-28(2)16-14-20)26(32)30(25(23)31)21-9-5-18(17-27)6-10-21/h5-12,20H,4,13-16H2,1-3H3. The second kappa shape index (κ2) is 9.47. The van der Waals surface area contributed by atoms with Crippen molar-refractivity contribution in [3.05, 3.63) is 65.4 Å². The maximum absolute atomic E-state index is 13.7. The van der Waals surface area contributed by atoms with Crippen LogP contribution in [0.4, 0.5) is 5.69 Å². The van der Waals surface area contributed by atoms with Crippen LogP contribution in [0.15, 0.2) is 54.2 Å². The number of carbonyl (C=O) groups is 2. The molecule has 7 heteroatoms. The molecule has 170 valence electrons. The first-order valence-corrected chi connectivity index (χ1v) is 11.2. The van der Waals surface area contributed by atoms with Crippen LogP contribution < -0.4 is 9.64 Å². The summed E-state index contributed by atoms with van der Waals surface area (Å²) in [5, 5.41) is 9.10. The Bertz CT molecular complexity index is 1110. The molecule has 0 aliphatic carbocycles. The monoisotopic (exact) mass is 444 g/mol. The predicted molar refractivity (Wildman–Crippen MR) is 126 cm³/mol. The van der Waals surface area contributed by atoms with Crippen LogP contribution in [-0.2, 0) is 9.59 Å². The van der Waals surface area contributed by atoms with E-state index in [1.54, 1.807) is 24.3 Å². The van der Waals surface area contributed by atoms with Crippen molar-refractivity contribution in [3.63, 3.8) is 0 Å². The Morgan fingerprint density at radius 2 is 1.67 bits per heavy atom. The topological polar surface area (TPSA) is 76.9 Å². The van der Waals surface area contributed by atoms with Gasteiger partial charge in [-0.25, -0.2) is 4.90 Å². The number of likely N-dealkylation sites (tertiary alicyclic amines) is 1. The maximum atomic E-state index is 13.7. The van der Waals surface area contributed by atoms with E-state index in [1.807, 2.05) is 43.1 Å². The van der Waals surface area contributed by atoms with Crippen LogP contribution in [0.2, 0.25) is 0 Å². The minimum atomic E-state index is -0.358.